The summed E-state index contributed by atoms with van der Waals surface area (Å²) in [6.45, 7) is 5.82. The Morgan fingerprint density at radius 2 is 2.05 bits per heavy atom. The molecule has 2 N–H and O–H groups in total. The zero-order chi connectivity index (χ0) is 14.6. The maximum atomic E-state index is 11.7. The van der Waals surface area contributed by atoms with Gasteiger partial charge in [-0.15, -0.1) is 0 Å². The van der Waals surface area contributed by atoms with Gasteiger partial charge in [0, 0.05) is 33.9 Å². The molecule has 1 rings (SSSR count). The Morgan fingerprint density at radius 1 is 1.42 bits per heavy atom. The first-order valence-electron chi connectivity index (χ1n) is 5.70. The highest BCUT2D eigenvalue weighted by atomic mass is 32.2. The third-order valence-corrected chi connectivity index (χ3v) is 4.27. The fourth-order valence-corrected chi connectivity index (χ4v) is 2.12. The van der Waals surface area contributed by atoms with Crippen LogP contribution in [0.25, 0.3) is 0 Å². The maximum absolute atomic E-state index is 11.7. The van der Waals surface area contributed by atoms with Crippen LogP contribution in [0.1, 0.15) is 41.7 Å². The summed E-state index contributed by atoms with van der Waals surface area (Å²) in [6, 6.07) is 1.15. The molecule has 106 valence electrons. The SMILES string of the molecule is CC(C)(C)S(=O)CCNC(=O)c1cc(C(=O)O)co1. The van der Waals surface area contributed by atoms with Crippen molar-refractivity contribution in [1.29, 1.82) is 0 Å². The molecule has 19 heavy (non-hydrogen) atoms. The van der Waals surface area contributed by atoms with Crippen molar-refractivity contribution in [2.45, 2.75) is 25.5 Å². The van der Waals surface area contributed by atoms with Crippen LogP contribution in [0, 0.1) is 0 Å². The topological polar surface area (TPSA) is 96.6 Å². The maximum Gasteiger partial charge on any atom is 0.338 e. The standard InChI is InChI=1S/C12H17NO5S/c1-12(2,3)19(17)5-4-13-10(14)9-6-8(7-18-9)11(15)16/h6-7H,4-5H2,1-3H3,(H,13,14)(H,15,16). The zero-order valence-electron chi connectivity index (χ0n) is 11.1. The fourth-order valence-electron chi connectivity index (χ4n) is 1.22. The van der Waals surface area contributed by atoms with Crippen LogP contribution in [0.15, 0.2) is 16.7 Å². The summed E-state index contributed by atoms with van der Waals surface area (Å²) in [5, 5.41) is 11.2. The largest absolute Gasteiger partial charge is 0.478 e. The molecule has 1 aromatic heterocycles. The number of nitrogens with one attached hydrogen (secondary N) is 1. The van der Waals surface area contributed by atoms with E-state index in [2.05, 4.69) is 5.32 Å². The Kier molecular flexibility index (Phi) is 4.88. The van der Waals surface area contributed by atoms with E-state index < -0.39 is 22.7 Å². The van der Waals surface area contributed by atoms with Crippen LogP contribution in [0.3, 0.4) is 0 Å². The van der Waals surface area contributed by atoms with Gasteiger partial charge in [0.05, 0.1) is 5.56 Å². The van der Waals surface area contributed by atoms with Crippen LogP contribution < -0.4 is 5.32 Å². The van der Waals surface area contributed by atoms with Crippen molar-refractivity contribution in [3.63, 3.8) is 0 Å². The molecule has 0 radical (unpaired) electrons. The second kappa shape index (κ2) is 6.01. The van der Waals surface area contributed by atoms with Crippen LogP contribution in [0.4, 0.5) is 0 Å². The number of carbonyl (C=O) groups is 2. The summed E-state index contributed by atoms with van der Waals surface area (Å²) in [5.74, 6) is -1.41. The molecule has 1 aromatic rings. The number of aromatic carboxylic acids is 1. The van der Waals surface area contributed by atoms with Crippen molar-refractivity contribution in [2.75, 3.05) is 12.3 Å². The number of hydrogen-bond acceptors (Lipinski definition) is 4. The molecule has 6 nitrogen and oxygen atoms in total. The van der Waals surface area contributed by atoms with Gasteiger partial charge in [-0.25, -0.2) is 4.79 Å². The van der Waals surface area contributed by atoms with E-state index in [4.69, 9.17) is 9.52 Å². The van der Waals surface area contributed by atoms with Gasteiger partial charge in [-0.05, 0) is 20.8 Å². The average molecular weight is 287 g/mol. The Labute approximate surface area is 113 Å². The highest BCUT2D eigenvalue weighted by Gasteiger charge is 2.19. The lowest BCUT2D eigenvalue weighted by Crippen LogP contribution is -2.32. The van der Waals surface area contributed by atoms with E-state index in [-0.39, 0.29) is 22.6 Å². The molecular weight excluding hydrogens is 270 g/mol. The van der Waals surface area contributed by atoms with Gasteiger partial charge in [-0.2, -0.15) is 0 Å². The highest BCUT2D eigenvalue weighted by molar-refractivity contribution is 7.86. The minimum atomic E-state index is -1.16. The van der Waals surface area contributed by atoms with Crippen molar-refractivity contribution >= 4 is 22.7 Å². The number of rotatable bonds is 5. The Morgan fingerprint density at radius 3 is 2.53 bits per heavy atom. The van der Waals surface area contributed by atoms with Crippen LogP contribution in [-0.2, 0) is 10.8 Å². The number of carboxylic acids is 1. The van der Waals surface area contributed by atoms with E-state index in [0.29, 0.717) is 5.75 Å². The molecule has 1 atom stereocenters. The van der Waals surface area contributed by atoms with Gasteiger partial charge >= 0.3 is 5.97 Å². The van der Waals surface area contributed by atoms with Crippen LogP contribution in [-0.4, -0.2) is 38.2 Å². The smallest absolute Gasteiger partial charge is 0.338 e. The molecule has 0 spiro atoms. The van der Waals surface area contributed by atoms with E-state index in [1.54, 1.807) is 0 Å². The normalized spacial score (nSPS) is 13.0. The van der Waals surface area contributed by atoms with Crippen LogP contribution >= 0.6 is 0 Å². The molecule has 0 saturated carbocycles. The second-order valence-electron chi connectivity index (χ2n) is 4.92. The van der Waals surface area contributed by atoms with E-state index in [1.165, 1.54) is 0 Å². The summed E-state index contributed by atoms with van der Waals surface area (Å²) in [4.78, 5) is 22.2. The Hall–Kier alpha value is -1.63. The average Bonchev–Trinajstić information content (AvgIpc) is 2.76. The van der Waals surface area contributed by atoms with Gasteiger partial charge in [-0.1, -0.05) is 0 Å². The Balaban J connectivity index is 2.47. The van der Waals surface area contributed by atoms with Gasteiger partial charge < -0.3 is 14.8 Å². The first kappa shape index (κ1) is 15.4. The molecule has 0 aliphatic heterocycles. The predicted octanol–water partition coefficient (Wildman–Crippen LogP) is 1.25. The summed E-state index contributed by atoms with van der Waals surface area (Å²) in [7, 11) is -1.05. The number of carboxylic acid groups (broad SMARTS) is 1. The molecule has 0 aromatic carbocycles. The van der Waals surface area contributed by atoms with Gasteiger partial charge in [0.1, 0.15) is 6.26 Å². The molecular formula is C12H17NO5S. The quantitative estimate of drug-likeness (QED) is 0.849. The monoisotopic (exact) mass is 287 g/mol. The zero-order valence-corrected chi connectivity index (χ0v) is 11.9. The number of hydrogen-bond donors (Lipinski definition) is 2. The summed E-state index contributed by atoms with van der Waals surface area (Å²) < 4.78 is 16.3. The van der Waals surface area contributed by atoms with Crippen LogP contribution in [0.5, 0.6) is 0 Å². The first-order valence-corrected chi connectivity index (χ1v) is 7.02. The van der Waals surface area contributed by atoms with E-state index in [9.17, 15) is 13.8 Å². The van der Waals surface area contributed by atoms with Gasteiger partial charge in [0.2, 0.25) is 0 Å². The van der Waals surface area contributed by atoms with Crippen molar-refractivity contribution in [3.8, 4) is 0 Å². The van der Waals surface area contributed by atoms with Crippen molar-refractivity contribution < 1.29 is 23.3 Å². The summed E-state index contributed by atoms with van der Waals surface area (Å²) in [6.07, 6.45) is 1.00. The van der Waals surface area contributed by atoms with Gasteiger partial charge in [0.25, 0.3) is 5.91 Å². The minimum Gasteiger partial charge on any atom is -0.478 e. The van der Waals surface area contributed by atoms with Crippen molar-refractivity contribution in [2.24, 2.45) is 0 Å². The first-order chi connectivity index (χ1) is 8.71. The lowest BCUT2D eigenvalue weighted by Gasteiger charge is -2.17. The Bertz CT molecular complexity index is 500. The molecule has 1 heterocycles. The number of furan rings is 1. The van der Waals surface area contributed by atoms with Crippen LogP contribution in [0.2, 0.25) is 0 Å². The number of carbonyl (C=O) groups excluding carboxylic acids is 1. The highest BCUT2D eigenvalue weighted by Crippen LogP contribution is 2.11. The lowest BCUT2D eigenvalue weighted by molar-refractivity contribution is 0.0696. The molecule has 0 saturated heterocycles. The molecule has 1 amide bonds. The second-order valence-corrected chi connectivity index (χ2v) is 7.25. The lowest BCUT2D eigenvalue weighted by atomic mass is 10.3. The summed E-state index contributed by atoms with van der Waals surface area (Å²) in [5.41, 5.74) is -0.0802. The third kappa shape index (κ3) is 4.51. The fraction of sp³-hybridized carbons (Fsp3) is 0.500. The van der Waals surface area contributed by atoms with E-state index in [0.717, 1.165) is 12.3 Å². The molecule has 0 aliphatic rings. The molecule has 7 heteroatoms. The van der Waals surface area contributed by atoms with E-state index >= 15 is 0 Å². The molecule has 1 unspecified atom stereocenters. The van der Waals surface area contributed by atoms with Crippen molar-refractivity contribution in [3.05, 3.63) is 23.7 Å². The molecule has 0 bridgehead atoms. The minimum absolute atomic E-state index is 0.0704. The summed E-state index contributed by atoms with van der Waals surface area (Å²) >= 11 is 0. The number of amides is 1. The van der Waals surface area contributed by atoms with Gasteiger partial charge in [0.15, 0.2) is 5.76 Å². The van der Waals surface area contributed by atoms with Crippen molar-refractivity contribution in [1.82, 2.24) is 5.32 Å². The molecule has 0 fully saturated rings. The van der Waals surface area contributed by atoms with E-state index in [1.807, 2.05) is 20.8 Å². The van der Waals surface area contributed by atoms with Gasteiger partial charge in [-0.3, -0.25) is 9.00 Å². The predicted molar refractivity (Wildman–Crippen MR) is 70.8 cm³/mol. The third-order valence-electron chi connectivity index (χ3n) is 2.33. The molecule has 0 aliphatic carbocycles.